The molecule has 0 aromatic carbocycles. The summed E-state index contributed by atoms with van der Waals surface area (Å²) in [5.41, 5.74) is 0. The second-order valence-corrected chi connectivity index (χ2v) is 6.51. The number of thiophene rings is 1. The second kappa shape index (κ2) is 6.12. The summed E-state index contributed by atoms with van der Waals surface area (Å²) in [6, 6.07) is 4.81. The van der Waals surface area contributed by atoms with Crippen molar-refractivity contribution in [3.63, 3.8) is 0 Å². The van der Waals surface area contributed by atoms with Gasteiger partial charge in [-0.15, -0.1) is 11.3 Å². The molecule has 1 saturated heterocycles. The van der Waals surface area contributed by atoms with Gasteiger partial charge in [0.2, 0.25) is 0 Å². The molecule has 16 heavy (non-hydrogen) atoms. The number of nitrogens with zero attached hydrogens (tertiary/aromatic N) is 1. The molecule has 0 spiro atoms. The fraction of sp³-hybridized carbons (Fsp3) is 0.636. The van der Waals surface area contributed by atoms with E-state index < -0.39 is 0 Å². The monoisotopic (exact) mass is 304 g/mol. The van der Waals surface area contributed by atoms with Crippen LogP contribution in [0.2, 0.25) is 0 Å². The first-order valence-electron chi connectivity index (χ1n) is 5.50. The van der Waals surface area contributed by atoms with Gasteiger partial charge in [0.25, 0.3) is 0 Å². The Morgan fingerprint density at radius 3 is 3.19 bits per heavy atom. The first-order valence-corrected chi connectivity index (χ1v) is 7.11. The summed E-state index contributed by atoms with van der Waals surface area (Å²) in [5.74, 6) is 0. The first kappa shape index (κ1) is 12.5. The van der Waals surface area contributed by atoms with Crippen LogP contribution in [0.5, 0.6) is 0 Å². The molecule has 1 aromatic rings. The van der Waals surface area contributed by atoms with Gasteiger partial charge in [0, 0.05) is 30.6 Å². The normalized spacial score (nSPS) is 22.5. The standard InChI is InChI=1S/C11H17BrN2OS/c1-13-6-9-8-15-5-4-14(9)7-10-2-3-11(12)16-10/h2-3,9,13H,4-8H2,1H3. The van der Waals surface area contributed by atoms with Crippen LogP contribution in [-0.4, -0.2) is 44.3 Å². The first-order chi connectivity index (χ1) is 7.79. The maximum atomic E-state index is 5.52. The van der Waals surface area contributed by atoms with Crippen LogP contribution in [0.4, 0.5) is 0 Å². The number of likely N-dealkylation sites (N-methyl/N-ethyl adjacent to an activating group) is 1. The maximum absolute atomic E-state index is 5.52. The molecular formula is C11H17BrN2OS. The molecule has 0 bridgehead atoms. The molecule has 0 radical (unpaired) electrons. The van der Waals surface area contributed by atoms with Gasteiger partial charge in [0.15, 0.2) is 0 Å². The van der Waals surface area contributed by atoms with E-state index in [0.29, 0.717) is 6.04 Å². The fourth-order valence-electron chi connectivity index (χ4n) is 1.96. The summed E-state index contributed by atoms with van der Waals surface area (Å²) in [6.45, 7) is 4.75. The highest BCUT2D eigenvalue weighted by atomic mass is 79.9. The van der Waals surface area contributed by atoms with Gasteiger partial charge in [-0.3, -0.25) is 4.90 Å². The van der Waals surface area contributed by atoms with Gasteiger partial charge in [-0.05, 0) is 35.1 Å². The molecule has 1 fully saturated rings. The van der Waals surface area contributed by atoms with Crippen molar-refractivity contribution < 1.29 is 4.74 Å². The van der Waals surface area contributed by atoms with E-state index in [1.165, 1.54) is 8.66 Å². The molecular weight excluding hydrogens is 288 g/mol. The predicted octanol–water partition coefficient (Wildman–Crippen LogP) is 1.93. The molecule has 2 rings (SSSR count). The van der Waals surface area contributed by atoms with Gasteiger partial charge in [0.05, 0.1) is 17.0 Å². The third-order valence-electron chi connectivity index (χ3n) is 2.78. The van der Waals surface area contributed by atoms with Crippen LogP contribution in [0.3, 0.4) is 0 Å². The van der Waals surface area contributed by atoms with Crippen molar-refractivity contribution >= 4 is 27.3 Å². The van der Waals surface area contributed by atoms with E-state index in [9.17, 15) is 0 Å². The van der Waals surface area contributed by atoms with Crippen LogP contribution in [0.1, 0.15) is 4.88 Å². The minimum atomic E-state index is 0.500. The minimum absolute atomic E-state index is 0.500. The van der Waals surface area contributed by atoms with Crippen LogP contribution in [0, 0.1) is 0 Å². The summed E-state index contributed by atoms with van der Waals surface area (Å²) in [4.78, 5) is 3.91. The lowest BCUT2D eigenvalue weighted by molar-refractivity contribution is -0.00983. The van der Waals surface area contributed by atoms with Crippen molar-refractivity contribution in [3.8, 4) is 0 Å². The van der Waals surface area contributed by atoms with Crippen molar-refractivity contribution in [2.75, 3.05) is 33.4 Å². The van der Waals surface area contributed by atoms with Crippen LogP contribution in [0.25, 0.3) is 0 Å². The van der Waals surface area contributed by atoms with Crippen LogP contribution in [-0.2, 0) is 11.3 Å². The summed E-state index contributed by atoms with van der Waals surface area (Å²) in [5, 5.41) is 3.23. The average molecular weight is 305 g/mol. The van der Waals surface area contributed by atoms with E-state index in [1.807, 2.05) is 18.4 Å². The van der Waals surface area contributed by atoms with Crippen molar-refractivity contribution in [1.29, 1.82) is 0 Å². The van der Waals surface area contributed by atoms with Gasteiger partial charge < -0.3 is 10.1 Å². The quantitative estimate of drug-likeness (QED) is 0.920. The fourth-order valence-corrected chi connectivity index (χ4v) is 3.47. The lowest BCUT2D eigenvalue weighted by Gasteiger charge is -2.35. The molecule has 0 saturated carbocycles. The van der Waals surface area contributed by atoms with E-state index >= 15 is 0 Å². The highest BCUT2D eigenvalue weighted by Gasteiger charge is 2.22. The molecule has 90 valence electrons. The summed E-state index contributed by atoms with van der Waals surface area (Å²) < 4.78 is 6.73. The number of nitrogens with one attached hydrogen (secondary N) is 1. The van der Waals surface area contributed by atoms with E-state index in [2.05, 4.69) is 38.3 Å². The number of halogens is 1. The Morgan fingerprint density at radius 1 is 1.62 bits per heavy atom. The number of ether oxygens (including phenoxy) is 1. The molecule has 0 aliphatic carbocycles. The zero-order valence-electron chi connectivity index (χ0n) is 9.41. The number of hydrogen-bond acceptors (Lipinski definition) is 4. The van der Waals surface area contributed by atoms with Gasteiger partial charge in [-0.25, -0.2) is 0 Å². The van der Waals surface area contributed by atoms with E-state index in [1.54, 1.807) is 0 Å². The molecule has 1 atom stereocenters. The Bertz CT molecular complexity index is 330. The molecule has 1 aromatic heterocycles. The Balaban J connectivity index is 1.95. The van der Waals surface area contributed by atoms with E-state index in [4.69, 9.17) is 4.74 Å². The molecule has 2 heterocycles. The summed E-state index contributed by atoms with van der Waals surface area (Å²) in [7, 11) is 1.99. The van der Waals surface area contributed by atoms with Crippen molar-refractivity contribution in [1.82, 2.24) is 10.2 Å². The third kappa shape index (κ3) is 3.28. The Hall–Kier alpha value is 0.0600. The van der Waals surface area contributed by atoms with Crippen molar-refractivity contribution in [2.45, 2.75) is 12.6 Å². The Morgan fingerprint density at radius 2 is 2.50 bits per heavy atom. The molecule has 1 N–H and O–H groups in total. The molecule has 1 unspecified atom stereocenters. The van der Waals surface area contributed by atoms with Gasteiger partial charge in [0.1, 0.15) is 0 Å². The zero-order chi connectivity index (χ0) is 11.4. The molecule has 3 nitrogen and oxygen atoms in total. The highest BCUT2D eigenvalue weighted by Crippen LogP contribution is 2.24. The Kier molecular flexibility index (Phi) is 4.79. The number of rotatable bonds is 4. The Labute approximate surface area is 109 Å². The molecule has 0 amide bonds. The lowest BCUT2D eigenvalue weighted by atomic mass is 10.2. The predicted molar refractivity (Wildman–Crippen MR) is 71.0 cm³/mol. The van der Waals surface area contributed by atoms with Crippen LogP contribution in [0.15, 0.2) is 15.9 Å². The second-order valence-electron chi connectivity index (χ2n) is 3.96. The number of morpholine rings is 1. The van der Waals surface area contributed by atoms with Gasteiger partial charge in [-0.2, -0.15) is 0 Å². The smallest absolute Gasteiger partial charge is 0.0701 e. The maximum Gasteiger partial charge on any atom is 0.0701 e. The zero-order valence-corrected chi connectivity index (χ0v) is 11.8. The SMILES string of the molecule is CNCC1COCCN1Cc1ccc(Br)s1. The largest absolute Gasteiger partial charge is 0.378 e. The van der Waals surface area contributed by atoms with Crippen molar-refractivity contribution in [3.05, 3.63) is 20.8 Å². The van der Waals surface area contributed by atoms with E-state index in [-0.39, 0.29) is 0 Å². The minimum Gasteiger partial charge on any atom is -0.378 e. The highest BCUT2D eigenvalue weighted by molar-refractivity contribution is 9.11. The van der Waals surface area contributed by atoms with Crippen LogP contribution < -0.4 is 5.32 Å². The van der Waals surface area contributed by atoms with Crippen LogP contribution >= 0.6 is 27.3 Å². The topological polar surface area (TPSA) is 24.5 Å². The third-order valence-corrected chi connectivity index (χ3v) is 4.39. The lowest BCUT2D eigenvalue weighted by Crippen LogP contribution is -2.49. The summed E-state index contributed by atoms with van der Waals surface area (Å²) >= 11 is 5.32. The molecule has 5 heteroatoms. The van der Waals surface area contributed by atoms with Gasteiger partial charge >= 0.3 is 0 Å². The molecule has 1 aliphatic heterocycles. The summed E-state index contributed by atoms with van der Waals surface area (Å²) in [6.07, 6.45) is 0. The number of hydrogen-bond donors (Lipinski definition) is 1. The average Bonchev–Trinajstić information content (AvgIpc) is 2.67. The van der Waals surface area contributed by atoms with Crippen molar-refractivity contribution in [2.24, 2.45) is 0 Å². The van der Waals surface area contributed by atoms with Gasteiger partial charge in [-0.1, -0.05) is 0 Å². The van der Waals surface area contributed by atoms with E-state index in [0.717, 1.165) is 32.8 Å². The molecule has 1 aliphatic rings.